The fourth-order valence-electron chi connectivity index (χ4n) is 6.02. The number of carboxylic acid groups (broad SMARTS) is 1. The van der Waals surface area contributed by atoms with E-state index in [0.717, 1.165) is 17.2 Å². The van der Waals surface area contributed by atoms with Crippen molar-refractivity contribution in [2.24, 2.45) is 0 Å². The van der Waals surface area contributed by atoms with Crippen molar-refractivity contribution >= 4 is 23.8 Å². The number of nitrogens with zero attached hydrogens (tertiary/aromatic N) is 1. The van der Waals surface area contributed by atoms with Crippen molar-refractivity contribution in [3.05, 3.63) is 87.7 Å². The van der Waals surface area contributed by atoms with E-state index >= 15 is 4.39 Å². The van der Waals surface area contributed by atoms with Gasteiger partial charge in [-0.3, -0.25) is 9.59 Å². The highest BCUT2D eigenvalue weighted by Crippen LogP contribution is 2.36. The first-order chi connectivity index (χ1) is 25.3. The largest absolute Gasteiger partial charge is 0.497 e. The van der Waals surface area contributed by atoms with Crippen molar-refractivity contribution in [2.45, 2.75) is 64.5 Å². The number of hydrogen-bond acceptors (Lipinski definition) is 10. The summed E-state index contributed by atoms with van der Waals surface area (Å²) in [6.45, 7) is 7.82. The van der Waals surface area contributed by atoms with E-state index in [1.165, 1.54) is 56.6 Å². The maximum absolute atomic E-state index is 15.1. The number of carbonyl (C=O) groups excluding carboxylic acids is 3. The zero-order chi connectivity index (χ0) is 38.8. The van der Waals surface area contributed by atoms with E-state index in [-0.39, 0.29) is 73.1 Å². The summed E-state index contributed by atoms with van der Waals surface area (Å²) in [6, 6.07) is 10.5. The first-order valence-electron chi connectivity index (χ1n) is 17.2. The van der Waals surface area contributed by atoms with E-state index in [1.54, 1.807) is 12.1 Å². The number of carbonyl (C=O) groups is 4. The van der Waals surface area contributed by atoms with Gasteiger partial charge in [-0.15, -0.1) is 0 Å². The minimum Gasteiger partial charge on any atom is -0.497 e. The Balaban J connectivity index is 1.58. The maximum atomic E-state index is 15.1. The lowest BCUT2D eigenvalue weighted by atomic mass is 9.91. The van der Waals surface area contributed by atoms with E-state index in [9.17, 15) is 24.3 Å². The molecular weight excluding hydrogens is 691 g/mol. The Morgan fingerprint density at radius 3 is 2.04 bits per heavy atom. The lowest BCUT2D eigenvalue weighted by Gasteiger charge is -2.28. The fraction of sp³-hybridized carbons (Fsp3) is 0.436. The molecule has 0 unspecified atom stereocenters. The molecule has 2 N–H and O–H groups in total. The number of rotatable bonds is 15. The van der Waals surface area contributed by atoms with Gasteiger partial charge in [0.15, 0.2) is 19.4 Å². The zero-order valence-electron chi connectivity index (χ0n) is 31.0. The monoisotopic (exact) mass is 738 g/mol. The van der Waals surface area contributed by atoms with Crippen LogP contribution in [0.5, 0.6) is 17.2 Å². The van der Waals surface area contributed by atoms with Gasteiger partial charge in [-0.05, 0) is 60.1 Å². The molecule has 13 nitrogen and oxygen atoms in total. The van der Waals surface area contributed by atoms with Gasteiger partial charge in [0.1, 0.15) is 34.7 Å². The van der Waals surface area contributed by atoms with E-state index in [4.69, 9.17) is 28.4 Å². The van der Waals surface area contributed by atoms with Gasteiger partial charge in [-0.2, -0.15) is 0 Å². The van der Waals surface area contributed by atoms with Crippen LogP contribution in [0.3, 0.4) is 0 Å². The number of benzene rings is 3. The topological polar surface area (TPSA) is 159 Å². The van der Waals surface area contributed by atoms with Gasteiger partial charge in [-0.1, -0.05) is 39.8 Å². The number of ketones is 1. The second-order valence-electron chi connectivity index (χ2n) is 13.2. The van der Waals surface area contributed by atoms with E-state index in [1.807, 2.05) is 27.7 Å². The van der Waals surface area contributed by atoms with E-state index in [2.05, 4.69) is 5.32 Å². The lowest BCUT2D eigenvalue weighted by molar-refractivity contribution is 0.0178. The SMILES string of the molecule is COCOc1cc(OC)cc(F)c1C(=O)c1ccc(C(=O)O[C@@H]2CCCN(C(=O)O)C[C@H]2NC(=O)c2cc(C(C)C)c(OCOC)c(C(C)C)c2)cc1. The Morgan fingerprint density at radius 2 is 1.47 bits per heavy atom. The summed E-state index contributed by atoms with van der Waals surface area (Å²) in [5, 5.41) is 12.8. The highest BCUT2D eigenvalue weighted by Gasteiger charge is 2.34. The van der Waals surface area contributed by atoms with Gasteiger partial charge in [-0.25, -0.2) is 14.0 Å². The van der Waals surface area contributed by atoms with Crippen molar-refractivity contribution in [2.75, 3.05) is 48.0 Å². The summed E-state index contributed by atoms with van der Waals surface area (Å²) in [5.41, 5.74) is 1.80. The molecule has 1 aliphatic heterocycles. The Morgan fingerprint density at radius 1 is 0.868 bits per heavy atom. The summed E-state index contributed by atoms with van der Waals surface area (Å²) >= 11 is 0. The van der Waals surface area contributed by atoms with Crippen molar-refractivity contribution in [1.82, 2.24) is 10.2 Å². The highest BCUT2D eigenvalue weighted by atomic mass is 19.1. The molecule has 3 aromatic rings. The smallest absolute Gasteiger partial charge is 0.407 e. The molecule has 1 heterocycles. The summed E-state index contributed by atoms with van der Waals surface area (Å²) in [5.74, 6) is -2.05. The van der Waals surface area contributed by atoms with Crippen LogP contribution in [0.25, 0.3) is 0 Å². The average Bonchev–Trinajstić information content (AvgIpc) is 3.33. The first kappa shape index (κ1) is 40.6. The number of ether oxygens (including phenoxy) is 6. The van der Waals surface area contributed by atoms with E-state index in [0.29, 0.717) is 17.7 Å². The third-order valence-corrected chi connectivity index (χ3v) is 8.81. The Bertz CT molecular complexity index is 1750. The molecule has 2 amide bonds. The molecule has 1 aliphatic rings. The third kappa shape index (κ3) is 10.0. The van der Waals surface area contributed by atoms with Crippen LogP contribution in [0.1, 0.15) is 100 Å². The molecular formula is C39H47FN2O11. The van der Waals surface area contributed by atoms with Crippen LogP contribution in [-0.4, -0.2) is 93.9 Å². The van der Waals surface area contributed by atoms with Crippen molar-refractivity contribution in [1.29, 1.82) is 0 Å². The fourth-order valence-corrected chi connectivity index (χ4v) is 6.02. The van der Waals surface area contributed by atoms with Crippen LogP contribution < -0.4 is 19.5 Å². The Hall–Kier alpha value is -5.21. The van der Waals surface area contributed by atoms with Gasteiger partial charge < -0.3 is 43.7 Å². The maximum Gasteiger partial charge on any atom is 0.407 e. The number of methoxy groups -OCH3 is 3. The zero-order valence-corrected chi connectivity index (χ0v) is 31.0. The number of hydrogen-bond donors (Lipinski definition) is 2. The molecule has 53 heavy (non-hydrogen) atoms. The summed E-state index contributed by atoms with van der Waals surface area (Å²) in [4.78, 5) is 54.0. The first-order valence-corrected chi connectivity index (χ1v) is 17.2. The van der Waals surface area contributed by atoms with Gasteiger partial charge in [0.25, 0.3) is 5.91 Å². The predicted octanol–water partition coefficient (Wildman–Crippen LogP) is 6.38. The second-order valence-corrected chi connectivity index (χ2v) is 13.2. The van der Waals surface area contributed by atoms with Gasteiger partial charge in [0.05, 0.1) is 18.7 Å². The van der Waals surface area contributed by atoms with Crippen LogP contribution in [0.2, 0.25) is 0 Å². The molecule has 3 aromatic carbocycles. The predicted molar refractivity (Wildman–Crippen MR) is 192 cm³/mol. The van der Waals surface area contributed by atoms with Crippen LogP contribution >= 0.6 is 0 Å². The molecule has 0 aromatic heterocycles. The standard InChI is InChI=1S/C39H47FN2O11/c1-22(2)28-15-26(16-29(23(3)4)36(28)52-21-49-6)37(44)41-31-19-42(39(46)47)14-8-9-32(31)53-38(45)25-12-10-24(11-13-25)35(43)34-30(40)17-27(50-7)18-33(34)51-20-48-5/h10-13,15-18,22-23,31-32H,8-9,14,19-21H2,1-7H3,(H,41,44)(H,46,47)/t31-,32-/m1/s1. The van der Waals surface area contributed by atoms with Crippen molar-refractivity contribution < 1.29 is 57.1 Å². The minimum atomic E-state index is -1.16. The normalized spacial score (nSPS) is 15.8. The van der Waals surface area contributed by atoms with Crippen LogP contribution in [0.4, 0.5) is 9.18 Å². The average molecular weight is 739 g/mol. The molecule has 14 heteroatoms. The molecule has 286 valence electrons. The molecule has 0 spiro atoms. The molecule has 0 radical (unpaired) electrons. The van der Waals surface area contributed by atoms with Crippen LogP contribution in [-0.2, 0) is 14.2 Å². The number of esters is 1. The highest BCUT2D eigenvalue weighted by molar-refractivity contribution is 6.11. The van der Waals surface area contributed by atoms with Gasteiger partial charge >= 0.3 is 12.1 Å². The summed E-state index contributed by atoms with van der Waals surface area (Å²) in [6.07, 6.45) is -1.39. The minimum absolute atomic E-state index is 0.00384. The van der Waals surface area contributed by atoms with Crippen molar-refractivity contribution in [3.8, 4) is 17.2 Å². The molecule has 4 rings (SSSR count). The Kier molecular flexibility index (Phi) is 14.2. The Labute approximate surface area is 308 Å². The third-order valence-electron chi connectivity index (χ3n) is 8.81. The van der Waals surface area contributed by atoms with Crippen LogP contribution in [0, 0.1) is 5.82 Å². The van der Waals surface area contributed by atoms with Crippen molar-refractivity contribution in [3.63, 3.8) is 0 Å². The van der Waals surface area contributed by atoms with E-state index < -0.39 is 41.7 Å². The van der Waals surface area contributed by atoms with Gasteiger partial charge in [0.2, 0.25) is 0 Å². The number of nitrogens with one attached hydrogen (secondary N) is 1. The molecule has 0 bridgehead atoms. The number of amides is 2. The van der Waals surface area contributed by atoms with Crippen LogP contribution in [0.15, 0.2) is 48.5 Å². The quantitative estimate of drug-likeness (QED) is 0.101. The second kappa shape index (κ2) is 18.5. The molecule has 0 aliphatic carbocycles. The molecule has 2 atom stereocenters. The summed E-state index contributed by atoms with van der Waals surface area (Å²) < 4.78 is 47.5. The lowest BCUT2D eigenvalue weighted by Crippen LogP contribution is -2.51. The van der Waals surface area contributed by atoms with Gasteiger partial charge in [0, 0.05) is 50.6 Å². The molecule has 1 saturated heterocycles. The molecule has 1 fully saturated rings. The number of halogens is 1. The molecule has 0 saturated carbocycles. The number of likely N-dealkylation sites (tertiary alicyclic amines) is 1. The summed E-state index contributed by atoms with van der Waals surface area (Å²) in [7, 11) is 4.26.